The van der Waals surface area contributed by atoms with Gasteiger partial charge in [-0.1, -0.05) is 6.92 Å². The number of hydrogen-bond acceptors (Lipinski definition) is 2. The SMILES string of the molecule is CCCC(=O)N1CCC2CC(=O)NCCC2C1. The number of fused-ring (bicyclic) bond motifs is 1. The van der Waals surface area contributed by atoms with E-state index in [0.717, 1.165) is 38.9 Å². The minimum absolute atomic E-state index is 0.186. The van der Waals surface area contributed by atoms with Gasteiger partial charge in [-0.15, -0.1) is 0 Å². The smallest absolute Gasteiger partial charge is 0.222 e. The second-order valence-corrected chi connectivity index (χ2v) is 5.24. The summed E-state index contributed by atoms with van der Waals surface area (Å²) < 4.78 is 0. The molecule has 0 spiro atoms. The van der Waals surface area contributed by atoms with Gasteiger partial charge in [0.15, 0.2) is 0 Å². The number of rotatable bonds is 2. The van der Waals surface area contributed by atoms with Crippen molar-refractivity contribution in [1.29, 1.82) is 0 Å². The van der Waals surface area contributed by atoms with Gasteiger partial charge in [-0.3, -0.25) is 9.59 Å². The summed E-state index contributed by atoms with van der Waals surface area (Å²) in [5, 5.41) is 2.93. The number of nitrogens with zero attached hydrogens (tertiary/aromatic N) is 1. The topological polar surface area (TPSA) is 49.4 Å². The fraction of sp³-hybridized carbons (Fsp3) is 0.846. The summed E-state index contributed by atoms with van der Waals surface area (Å²) in [4.78, 5) is 25.3. The van der Waals surface area contributed by atoms with Crippen LogP contribution in [-0.4, -0.2) is 36.3 Å². The zero-order valence-electron chi connectivity index (χ0n) is 10.6. The highest BCUT2D eigenvalue weighted by atomic mass is 16.2. The largest absolute Gasteiger partial charge is 0.356 e. The van der Waals surface area contributed by atoms with Crippen molar-refractivity contribution in [2.75, 3.05) is 19.6 Å². The number of likely N-dealkylation sites (tertiary alicyclic amines) is 1. The summed E-state index contributed by atoms with van der Waals surface area (Å²) in [6.07, 6.45) is 4.25. The average Bonchev–Trinajstić information content (AvgIpc) is 2.49. The first-order valence-corrected chi connectivity index (χ1v) is 6.75. The van der Waals surface area contributed by atoms with Gasteiger partial charge >= 0.3 is 0 Å². The first-order chi connectivity index (χ1) is 8.20. The molecule has 4 nitrogen and oxygen atoms in total. The number of amides is 2. The predicted molar refractivity (Wildman–Crippen MR) is 65.3 cm³/mol. The highest BCUT2D eigenvalue weighted by Crippen LogP contribution is 2.30. The molecule has 0 aromatic carbocycles. The summed E-state index contributed by atoms with van der Waals surface area (Å²) in [6.45, 7) is 4.51. The Morgan fingerprint density at radius 2 is 2.24 bits per heavy atom. The summed E-state index contributed by atoms with van der Waals surface area (Å²) in [6, 6.07) is 0. The number of hydrogen-bond donors (Lipinski definition) is 1. The minimum Gasteiger partial charge on any atom is -0.356 e. The van der Waals surface area contributed by atoms with Crippen LogP contribution in [0.15, 0.2) is 0 Å². The lowest BCUT2D eigenvalue weighted by atomic mass is 9.82. The van der Waals surface area contributed by atoms with Crippen LogP contribution in [0.1, 0.15) is 39.0 Å². The molecule has 2 aliphatic rings. The molecule has 2 atom stereocenters. The third kappa shape index (κ3) is 2.99. The molecule has 2 fully saturated rings. The Labute approximate surface area is 103 Å². The molecule has 0 aromatic rings. The first kappa shape index (κ1) is 12.4. The van der Waals surface area contributed by atoms with Gasteiger partial charge in [-0.2, -0.15) is 0 Å². The standard InChI is InChI=1S/C13H22N2O2/c1-2-3-13(17)15-7-5-10-8-12(16)14-6-4-11(10)9-15/h10-11H,2-9H2,1H3,(H,14,16). The molecule has 2 amide bonds. The number of carbonyl (C=O) groups excluding carboxylic acids is 2. The molecule has 0 aliphatic carbocycles. The van der Waals surface area contributed by atoms with Gasteiger partial charge in [0, 0.05) is 32.5 Å². The van der Waals surface area contributed by atoms with Crippen molar-refractivity contribution in [2.45, 2.75) is 39.0 Å². The Hall–Kier alpha value is -1.06. The van der Waals surface area contributed by atoms with Crippen molar-refractivity contribution in [2.24, 2.45) is 11.8 Å². The highest BCUT2D eigenvalue weighted by molar-refractivity contribution is 5.77. The Morgan fingerprint density at radius 1 is 1.41 bits per heavy atom. The third-order valence-corrected chi connectivity index (χ3v) is 3.99. The summed E-state index contributed by atoms with van der Waals surface area (Å²) >= 11 is 0. The Morgan fingerprint density at radius 3 is 3.00 bits per heavy atom. The van der Waals surface area contributed by atoms with Gasteiger partial charge in [-0.05, 0) is 31.1 Å². The quantitative estimate of drug-likeness (QED) is 0.785. The lowest BCUT2D eigenvalue weighted by molar-refractivity contribution is -0.134. The Bertz CT molecular complexity index is 304. The van der Waals surface area contributed by atoms with E-state index in [9.17, 15) is 9.59 Å². The van der Waals surface area contributed by atoms with Gasteiger partial charge in [0.1, 0.15) is 0 Å². The minimum atomic E-state index is 0.186. The molecule has 2 unspecified atom stereocenters. The number of piperidine rings is 1. The first-order valence-electron chi connectivity index (χ1n) is 6.75. The van der Waals surface area contributed by atoms with Crippen LogP contribution in [0.2, 0.25) is 0 Å². The molecule has 0 radical (unpaired) electrons. The van der Waals surface area contributed by atoms with E-state index in [-0.39, 0.29) is 11.8 Å². The zero-order valence-corrected chi connectivity index (χ0v) is 10.6. The molecule has 2 saturated heterocycles. The van der Waals surface area contributed by atoms with Crippen LogP contribution in [0.5, 0.6) is 0 Å². The maximum absolute atomic E-state index is 11.9. The van der Waals surface area contributed by atoms with E-state index in [0.29, 0.717) is 24.7 Å². The average molecular weight is 238 g/mol. The molecule has 17 heavy (non-hydrogen) atoms. The summed E-state index contributed by atoms with van der Waals surface area (Å²) in [7, 11) is 0. The predicted octanol–water partition coefficient (Wildman–Crippen LogP) is 1.16. The molecule has 96 valence electrons. The Balaban J connectivity index is 1.94. The molecule has 0 saturated carbocycles. The second kappa shape index (κ2) is 5.52. The molecular weight excluding hydrogens is 216 g/mol. The van der Waals surface area contributed by atoms with Crippen LogP contribution >= 0.6 is 0 Å². The monoisotopic (exact) mass is 238 g/mol. The summed E-state index contributed by atoms with van der Waals surface area (Å²) in [5.41, 5.74) is 0. The van der Waals surface area contributed by atoms with Crippen molar-refractivity contribution in [1.82, 2.24) is 10.2 Å². The van der Waals surface area contributed by atoms with Crippen LogP contribution in [-0.2, 0) is 9.59 Å². The lowest BCUT2D eigenvalue weighted by Crippen LogP contribution is -2.43. The van der Waals surface area contributed by atoms with Crippen LogP contribution in [0.4, 0.5) is 0 Å². The Kier molecular flexibility index (Phi) is 4.02. The molecule has 0 bridgehead atoms. The van der Waals surface area contributed by atoms with Crippen LogP contribution < -0.4 is 5.32 Å². The van der Waals surface area contributed by atoms with Crippen molar-refractivity contribution in [3.63, 3.8) is 0 Å². The molecule has 2 heterocycles. The van der Waals surface area contributed by atoms with E-state index in [1.165, 1.54) is 0 Å². The molecule has 2 aliphatic heterocycles. The maximum Gasteiger partial charge on any atom is 0.222 e. The van der Waals surface area contributed by atoms with E-state index < -0.39 is 0 Å². The molecule has 4 heteroatoms. The van der Waals surface area contributed by atoms with Gasteiger partial charge in [0.05, 0.1) is 0 Å². The molecular formula is C13H22N2O2. The summed E-state index contributed by atoms with van der Waals surface area (Å²) in [5.74, 6) is 1.48. The maximum atomic E-state index is 11.9. The second-order valence-electron chi connectivity index (χ2n) is 5.24. The normalized spacial score (nSPS) is 29.2. The van der Waals surface area contributed by atoms with Crippen molar-refractivity contribution < 1.29 is 9.59 Å². The highest BCUT2D eigenvalue weighted by Gasteiger charge is 2.33. The van der Waals surface area contributed by atoms with Crippen molar-refractivity contribution in [3.05, 3.63) is 0 Å². The fourth-order valence-electron chi connectivity index (χ4n) is 2.98. The molecule has 1 N–H and O–H groups in total. The van der Waals surface area contributed by atoms with Crippen LogP contribution in [0.25, 0.3) is 0 Å². The van der Waals surface area contributed by atoms with Gasteiger partial charge in [0.25, 0.3) is 0 Å². The van der Waals surface area contributed by atoms with Crippen LogP contribution in [0.3, 0.4) is 0 Å². The van der Waals surface area contributed by atoms with E-state index >= 15 is 0 Å². The zero-order chi connectivity index (χ0) is 12.3. The number of nitrogens with one attached hydrogen (secondary N) is 1. The van der Waals surface area contributed by atoms with Crippen molar-refractivity contribution in [3.8, 4) is 0 Å². The lowest BCUT2D eigenvalue weighted by Gasteiger charge is -2.37. The third-order valence-electron chi connectivity index (χ3n) is 3.99. The molecule has 0 aromatic heterocycles. The fourth-order valence-corrected chi connectivity index (χ4v) is 2.98. The van der Waals surface area contributed by atoms with Gasteiger partial charge in [-0.25, -0.2) is 0 Å². The van der Waals surface area contributed by atoms with E-state index in [4.69, 9.17) is 0 Å². The van der Waals surface area contributed by atoms with Crippen LogP contribution in [0, 0.1) is 11.8 Å². The number of carbonyl (C=O) groups is 2. The van der Waals surface area contributed by atoms with E-state index in [1.54, 1.807) is 0 Å². The van der Waals surface area contributed by atoms with Gasteiger partial charge < -0.3 is 10.2 Å². The van der Waals surface area contributed by atoms with E-state index in [1.807, 2.05) is 11.8 Å². The van der Waals surface area contributed by atoms with E-state index in [2.05, 4.69) is 5.32 Å². The van der Waals surface area contributed by atoms with Gasteiger partial charge in [0.2, 0.25) is 11.8 Å². The molecule has 2 rings (SSSR count). The van der Waals surface area contributed by atoms with Crippen molar-refractivity contribution >= 4 is 11.8 Å².